The van der Waals surface area contributed by atoms with Crippen molar-refractivity contribution in [2.24, 2.45) is 0 Å². The zero-order chi connectivity index (χ0) is 19.6. The zero-order valence-corrected chi connectivity index (χ0v) is 18.1. The molecule has 1 aliphatic rings. The number of likely N-dealkylation sites (N-methyl/N-ethyl adjacent to an activating group) is 1. The van der Waals surface area contributed by atoms with Crippen LogP contribution in [-0.2, 0) is 14.4 Å². The summed E-state index contributed by atoms with van der Waals surface area (Å²) in [6.07, 6.45) is 21.8. The van der Waals surface area contributed by atoms with Gasteiger partial charge in [-0.15, -0.1) is 4.65 Å². The van der Waals surface area contributed by atoms with E-state index in [2.05, 4.69) is 19.1 Å². The quantitative estimate of drug-likeness (QED) is 0.188. The van der Waals surface area contributed by atoms with Crippen molar-refractivity contribution in [2.45, 2.75) is 96.8 Å². The van der Waals surface area contributed by atoms with Crippen LogP contribution in [0.1, 0.15) is 96.8 Å². The number of carbonyl (C=O) groups excluding carboxylic acids is 1. The van der Waals surface area contributed by atoms with Gasteiger partial charge in [-0.1, -0.05) is 70.4 Å². The molecular weight excluding hydrogens is 338 g/mol. The predicted molar refractivity (Wildman–Crippen MR) is 112 cm³/mol. The molecule has 0 spiro atoms. The Bertz CT molecular complexity index is 389. The Kier molecular flexibility index (Phi) is 14.4. The van der Waals surface area contributed by atoms with Crippen molar-refractivity contribution in [3.05, 3.63) is 12.2 Å². The van der Waals surface area contributed by atoms with E-state index in [1.54, 1.807) is 0 Å². The standard InChI is InChI=1S/C23H44NO3/c1-3-4-5-6-7-8-9-10-11-12-13-14-15-16-17-18-23(25)27-24(2)19-21-26-22-20-24/h10-11H,3-9,12-22H2,1-2H3/q+1/b11-10-. The topological polar surface area (TPSA) is 35.5 Å². The molecule has 0 N–H and O–H groups in total. The highest BCUT2D eigenvalue weighted by molar-refractivity contribution is 5.68. The van der Waals surface area contributed by atoms with Crippen LogP contribution in [-0.4, -0.2) is 44.0 Å². The number of rotatable bonds is 16. The van der Waals surface area contributed by atoms with Crippen molar-refractivity contribution in [3.8, 4) is 0 Å². The highest BCUT2D eigenvalue weighted by Crippen LogP contribution is 2.13. The van der Waals surface area contributed by atoms with Crippen molar-refractivity contribution in [3.63, 3.8) is 0 Å². The summed E-state index contributed by atoms with van der Waals surface area (Å²) in [7, 11) is 1.97. The average Bonchev–Trinajstić information content (AvgIpc) is 2.65. The molecule has 1 heterocycles. The molecule has 27 heavy (non-hydrogen) atoms. The fraction of sp³-hybridized carbons (Fsp3) is 0.870. The second kappa shape index (κ2) is 16.1. The molecule has 4 heteroatoms. The molecule has 0 unspecified atom stereocenters. The molecule has 4 nitrogen and oxygen atoms in total. The number of hydroxylamine groups is 3. The summed E-state index contributed by atoms with van der Waals surface area (Å²) in [6, 6.07) is 0. The van der Waals surface area contributed by atoms with Gasteiger partial charge in [-0.3, -0.25) is 4.84 Å². The Morgan fingerprint density at radius 1 is 0.852 bits per heavy atom. The first-order valence-electron chi connectivity index (χ1n) is 11.5. The molecule has 0 aliphatic carbocycles. The lowest BCUT2D eigenvalue weighted by molar-refractivity contribution is -1.08. The van der Waals surface area contributed by atoms with E-state index in [0.29, 0.717) is 24.3 Å². The van der Waals surface area contributed by atoms with Gasteiger partial charge in [-0.25, -0.2) is 4.79 Å². The monoisotopic (exact) mass is 382 g/mol. The van der Waals surface area contributed by atoms with Gasteiger partial charge >= 0.3 is 5.97 Å². The number of ether oxygens (including phenoxy) is 1. The van der Waals surface area contributed by atoms with Crippen LogP contribution in [0, 0.1) is 0 Å². The number of quaternary nitrogens is 1. The number of carbonyl (C=O) groups is 1. The first kappa shape index (κ1) is 24.2. The van der Waals surface area contributed by atoms with E-state index < -0.39 is 0 Å². The summed E-state index contributed by atoms with van der Waals surface area (Å²) in [5.41, 5.74) is 0. The first-order chi connectivity index (χ1) is 13.2. The lowest BCUT2D eigenvalue weighted by Crippen LogP contribution is -2.52. The average molecular weight is 383 g/mol. The lowest BCUT2D eigenvalue weighted by Gasteiger charge is -2.33. The Morgan fingerprint density at radius 2 is 1.37 bits per heavy atom. The van der Waals surface area contributed by atoms with E-state index in [-0.39, 0.29) is 5.97 Å². The Morgan fingerprint density at radius 3 is 1.96 bits per heavy atom. The maximum absolute atomic E-state index is 12.0. The normalized spacial score (nSPS) is 16.7. The van der Waals surface area contributed by atoms with Crippen LogP contribution in [0.3, 0.4) is 0 Å². The van der Waals surface area contributed by atoms with Gasteiger partial charge in [0.1, 0.15) is 20.1 Å². The highest BCUT2D eigenvalue weighted by atomic mass is 16.7. The maximum Gasteiger partial charge on any atom is 0.366 e. The van der Waals surface area contributed by atoms with Crippen molar-refractivity contribution >= 4 is 5.97 Å². The molecule has 0 amide bonds. The minimum atomic E-state index is -0.0583. The molecule has 0 aromatic rings. The number of hydrogen-bond acceptors (Lipinski definition) is 3. The van der Waals surface area contributed by atoms with Gasteiger partial charge in [0, 0.05) is 0 Å². The molecule has 158 valence electrons. The number of allylic oxidation sites excluding steroid dienone is 2. The van der Waals surface area contributed by atoms with Gasteiger partial charge in [0.15, 0.2) is 0 Å². The van der Waals surface area contributed by atoms with Crippen LogP contribution in [0.2, 0.25) is 0 Å². The second-order valence-corrected chi connectivity index (χ2v) is 8.15. The minimum absolute atomic E-state index is 0.0583. The molecule has 0 aromatic heterocycles. The molecule has 0 bridgehead atoms. The van der Waals surface area contributed by atoms with Gasteiger partial charge < -0.3 is 4.74 Å². The molecule has 0 atom stereocenters. The van der Waals surface area contributed by atoms with Gasteiger partial charge in [0.25, 0.3) is 0 Å². The minimum Gasteiger partial charge on any atom is -0.369 e. The fourth-order valence-corrected chi connectivity index (χ4v) is 3.45. The highest BCUT2D eigenvalue weighted by Gasteiger charge is 2.30. The number of nitrogens with zero attached hydrogens (tertiary/aromatic N) is 1. The van der Waals surface area contributed by atoms with Gasteiger partial charge in [0.05, 0.1) is 19.6 Å². The predicted octanol–water partition coefficient (Wildman–Crippen LogP) is 5.96. The molecule has 1 saturated heterocycles. The molecular formula is C23H44NO3+. The second-order valence-electron chi connectivity index (χ2n) is 8.15. The molecule has 1 aliphatic heterocycles. The van der Waals surface area contributed by atoms with Gasteiger partial charge in [0.2, 0.25) is 0 Å². The lowest BCUT2D eigenvalue weighted by atomic mass is 10.1. The summed E-state index contributed by atoms with van der Waals surface area (Å²) >= 11 is 0. The third-order valence-electron chi connectivity index (χ3n) is 5.38. The SMILES string of the molecule is CCCCCCCC/C=C\CCCCCCCC(=O)O[N+]1(C)CCOCC1. The summed E-state index contributed by atoms with van der Waals surface area (Å²) < 4.78 is 5.70. The third-order valence-corrected chi connectivity index (χ3v) is 5.38. The Hall–Kier alpha value is -0.870. The van der Waals surface area contributed by atoms with E-state index in [0.717, 1.165) is 25.9 Å². The zero-order valence-electron chi connectivity index (χ0n) is 18.1. The van der Waals surface area contributed by atoms with Crippen molar-refractivity contribution in [2.75, 3.05) is 33.4 Å². The largest absolute Gasteiger partial charge is 0.369 e. The van der Waals surface area contributed by atoms with E-state index in [1.165, 1.54) is 70.6 Å². The van der Waals surface area contributed by atoms with Crippen LogP contribution < -0.4 is 0 Å². The van der Waals surface area contributed by atoms with Crippen molar-refractivity contribution in [1.29, 1.82) is 0 Å². The molecule has 1 fully saturated rings. The molecule has 1 rings (SSSR count). The van der Waals surface area contributed by atoms with E-state index in [1.807, 2.05) is 7.05 Å². The smallest absolute Gasteiger partial charge is 0.366 e. The summed E-state index contributed by atoms with van der Waals surface area (Å²) in [6.45, 7) is 5.15. The van der Waals surface area contributed by atoms with Gasteiger partial charge in [-0.2, -0.15) is 0 Å². The van der Waals surface area contributed by atoms with Gasteiger partial charge in [-0.05, 0) is 32.1 Å². The first-order valence-corrected chi connectivity index (χ1v) is 11.5. The summed E-state index contributed by atoms with van der Waals surface area (Å²) in [5.74, 6) is -0.0583. The number of hydrogen-bond donors (Lipinski definition) is 0. The molecule has 0 saturated carbocycles. The van der Waals surface area contributed by atoms with Crippen molar-refractivity contribution in [1.82, 2.24) is 0 Å². The van der Waals surface area contributed by atoms with Crippen LogP contribution in [0.5, 0.6) is 0 Å². The van der Waals surface area contributed by atoms with E-state index in [9.17, 15) is 4.79 Å². The van der Waals surface area contributed by atoms with Crippen LogP contribution in [0.4, 0.5) is 0 Å². The number of morpholine rings is 1. The summed E-state index contributed by atoms with van der Waals surface area (Å²) in [5, 5.41) is 0. The van der Waals surface area contributed by atoms with Crippen LogP contribution in [0.15, 0.2) is 12.2 Å². The Labute approximate surface area is 167 Å². The fourth-order valence-electron chi connectivity index (χ4n) is 3.45. The molecule has 0 aromatic carbocycles. The Balaban J connectivity index is 1.84. The van der Waals surface area contributed by atoms with Crippen LogP contribution >= 0.6 is 0 Å². The van der Waals surface area contributed by atoms with Crippen molar-refractivity contribution < 1.29 is 19.0 Å². The van der Waals surface area contributed by atoms with Crippen LogP contribution in [0.25, 0.3) is 0 Å². The maximum atomic E-state index is 12.0. The van der Waals surface area contributed by atoms with E-state index in [4.69, 9.17) is 9.57 Å². The third kappa shape index (κ3) is 13.9. The number of unbranched alkanes of at least 4 members (excludes halogenated alkanes) is 11. The molecule has 0 radical (unpaired) electrons. The van der Waals surface area contributed by atoms with E-state index >= 15 is 0 Å². The summed E-state index contributed by atoms with van der Waals surface area (Å²) in [4.78, 5) is 17.6.